The molecule has 92 valence electrons. The summed E-state index contributed by atoms with van der Waals surface area (Å²) in [7, 11) is -3.04. The number of ether oxygens (including phenoxy) is 2. The minimum atomic E-state index is -3.04. The fourth-order valence-corrected chi connectivity index (χ4v) is 4.23. The lowest BCUT2D eigenvalue weighted by Gasteiger charge is -2.16. The van der Waals surface area contributed by atoms with Crippen LogP contribution in [0.1, 0.15) is 0 Å². The quantitative estimate of drug-likeness (QED) is 0.436. The van der Waals surface area contributed by atoms with Crippen LogP contribution in [0.15, 0.2) is 0 Å². The molecule has 0 saturated carbocycles. The van der Waals surface area contributed by atoms with E-state index in [0.717, 1.165) is 0 Å². The monoisotopic (exact) mass is 285 g/mol. The predicted molar refractivity (Wildman–Crippen MR) is 63.5 cm³/mol. The van der Waals surface area contributed by atoms with Gasteiger partial charge in [0, 0.05) is 0 Å². The Balaban J connectivity index is 1.77. The lowest BCUT2D eigenvalue weighted by Crippen LogP contribution is -2.41. The molecule has 0 aliphatic carbocycles. The highest BCUT2D eigenvalue weighted by atomic mass is 35.5. The molecule has 2 aliphatic rings. The van der Waals surface area contributed by atoms with Crippen LogP contribution in [-0.4, -0.2) is 55.8 Å². The average Bonchev–Trinajstić information content (AvgIpc) is 2.92. The zero-order valence-electron chi connectivity index (χ0n) is 8.39. The van der Waals surface area contributed by atoms with Gasteiger partial charge in [0.2, 0.25) is 0 Å². The van der Waals surface area contributed by atoms with Gasteiger partial charge in [0.1, 0.15) is 12.7 Å². The number of hydrogen-bond donors (Lipinski definition) is 1. The topological polar surface area (TPSA) is 67.9 Å². The van der Waals surface area contributed by atoms with Crippen LogP contribution < -0.4 is 5.32 Å². The number of epoxide rings is 1. The first-order chi connectivity index (χ1) is 7.46. The van der Waals surface area contributed by atoms with E-state index >= 15 is 0 Å². The van der Waals surface area contributed by atoms with Crippen molar-refractivity contribution in [2.75, 3.05) is 24.7 Å². The summed E-state index contributed by atoms with van der Waals surface area (Å²) in [5.41, 5.74) is 0. The summed E-state index contributed by atoms with van der Waals surface area (Å²) < 4.78 is 32.7. The van der Waals surface area contributed by atoms with Crippen molar-refractivity contribution in [3.8, 4) is 0 Å². The van der Waals surface area contributed by atoms with Gasteiger partial charge in [-0.1, -0.05) is 0 Å². The molecular weight excluding hydrogens is 274 g/mol. The summed E-state index contributed by atoms with van der Waals surface area (Å²) in [5, 5.41) is 2.54. The van der Waals surface area contributed by atoms with E-state index in [2.05, 4.69) is 5.32 Å². The van der Waals surface area contributed by atoms with E-state index in [1.807, 2.05) is 0 Å². The molecule has 0 spiro atoms. The second kappa shape index (κ2) is 4.64. The maximum absolute atomic E-state index is 11.3. The first-order valence-corrected chi connectivity index (χ1v) is 7.52. The minimum Gasteiger partial charge on any atom is -0.468 e. The molecule has 5 nitrogen and oxygen atoms in total. The maximum atomic E-state index is 11.3. The van der Waals surface area contributed by atoms with Crippen LogP contribution in [-0.2, 0) is 19.3 Å². The third kappa shape index (κ3) is 3.44. The molecule has 2 rings (SSSR count). The van der Waals surface area contributed by atoms with E-state index in [1.54, 1.807) is 0 Å². The van der Waals surface area contributed by atoms with Crippen LogP contribution in [0, 0.1) is 0 Å². The Morgan fingerprint density at radius 1 is 1.56 bits per heavy atom. The van der Waals surface area contributed by atoms with Gasteiger partial charge in [-0.05, 0) is 12.2 Å². The van der Waals surface area contributed by atoms with Crippen LogP contribution >= 0.6 is 23.8 Å². The van der Waals surface area contributed by atoms with Gasteiger partial charge in [-0.2, -0.15) is 0 Å². The molecule has 0 aromatic heterocycles. The first kappa shape index (κ1) is 12.3. The van der Waals surface area contributed by atoms with E-state index in [1.165, 1.54) is 0 Å². The number of sulfone groups is 1. The molecule has 0 amide bonds. The summed E-state index contributed by atoms with van der Waals surface area (Å²) in [4.78, 5) is 0. The lowest BCUT2D eigenvalue weighted by molar-refractivity contribution is 0.247. The van der Waals surface area contributed by atoms with E-state index in [4.69, 9.17) is 33.3 Å². The van der Waals surface area contributed by atoms with Gasteiger partial charge in [-0.3, -0.25) is 0 Å². The molecule has 16 heavy (non-hydrogen) atoms. The number of halogens is 1. The molecule has 0 unspecified atom stereocenters. The van der Waals surface area contributed by atoms with Crippen molar-refractivity contribution in [2.45, 2.75) is 17.5 Å². The molecule has 2 aliphatic heterocycles. The zero-order chi connectivity index (χ0) is 11.8. The molecule has 2 saturated heterocycles. The number of alkyl halides is 1. The Morgan fingerprint density at radius 3 is 2.75 bits per heavy atom. The second-order valence-corrected chi connectivity index (χ2v) is 6.98. The van der Waals surface area contributed by atoms with Gasteiger partial charge < -0.3 is 14.8 Å². The predicted octanol–water partition coefficient (Wildman–Crippen LogP) is -0.319. The smallest absolute Gasteiger partial charge is 0.257 e. The van der Waals surface area contributed by atoms with Crippen molar-refractivity contribution >= 4 is 38.8 Å². The van der Waals surface area contributed by atoms with Crippen molar-refractivity contribution < 1.29 is 17.9 Å². The summed E-state index contributed by atoms with van der Waals surface area (Å²) in [5.74, 6) is -0.00876. The third-order valence-electron chi connectivity index (χ3n) is 2.39. The average molecular weight is 286 g/mol. The fraction of sp³-hybridized carbons (Fsp3) is 0.875. The van der Waals surface area contributed by atoms with E-state index < -0.39 is 15.2 Å². The molecular formula is C8H12ClNO4S2. The summed E-state index contributed by atoms with van der Waals surface area (Å²) in [6.07, 6.45) is 0.124. The molecule has 0 aromatic rings. The van der Waals surface area contributed by atoms with Crippen molar-refractivity contribution in [3.05, 3.63) is 0 Å². The standard InChI is InChI=1S/C8H12ClNO4S2/c9-6-3-16(11,12)4-7(6)10-8(15)14-2-5-1-13-5/h5-7H,1-4H2,(H,10,15)/t5-,6+,7-/m0/s1. The van der Waals surface area contributed by atoms with Crippen molar-refractivity contribution in [1.29, 1.82) is 0 Å². The van der Waals surface area contributed by atoms with Crippen LogP contribution in [0.3, 0.4) is 0 Å². The third-order valence-corrected chi connectivity index (χ3v) is 5.00. The van der Waals surface area contributed by atoms with Crippen LogP contribution in [0.25, 0.3) is 0 Å². The lowest BCUT2D eigenvalue weighted by atomic mass is 10.3. The minimum absolute atomic E-state index is 0.00456. The normalized spacial score (nSPS) is 35.7. The molecule has 0 aromatic carbocycles. The van der Waals surface area contributed by atoms with Gasteiger partial charge in [0.05, 0.1) is 29.5 Å². The van der Waals surface area contributed by atoms with Crippen molar-refractivity contribution in [3.63, 3.8) is 0 Å². The van der Waals surface area contributed by atoms with Gasteiger partial charge in [-0.25, -0.2) is 8.42 Å². The van der Waals surface area contributed by atoms with Crippen LogP contribution in [0.2, 0.25) is 0 Å². The Bertz CT molecular complexity index is 381. The highest BCUT2D eigenvalue weighted by Gasteiger charge is 2.37. The molecule has 1 N–H and O–H groups in total. The Hall–Kier alpha value is -0.110. The summed E-state index contributed by atoms with van der Waals surface area (Å²) in [6, 6.07) is -0.362. The summed E-state index contributed by atoms with van der Waals surface area (Å²) >= 11 is 10.8. The molecule has 0 radical (unpaired) electrons. The van der Waals surface area contributed by atoms with Gasteiger partial charge in [0.15, 0.2) is 9.84 Å². The summed E-state index contributed by atoms with van der Waals surface area (Å²) in [6.45, 7) is 1.09. The number of nitrogens with one attached hydrogen (secondary N) is 1. The molecule has 2 fully saturated rings. The molecule has 3 atom stereocenters. The molecule has 8 heteroatoms. The van der Waals surface area contributed by atoms with Gasteiger partial charge >= 0.3 is 0 Å². The molecule has 2 heterocycles. The number of rotatable bonds is 3. The second-order valence-electron chi connectivity index (χ2n) is 3.90. The zero-order valence-corrected chi connectivity index (χ0v) is 10.8. The van der Waals surface area contributed by atoms with Crippen LogP contribution in [0.4, 0.5) is 0 Å². The Kier molecular flexibility index (Phi) is 3.58. The number of thiocarbonyl (C=S) groups is 1. The Morgan fingerprint density at radius 2 is 2.25 bits per heavy atom. The highest BCUT2D eigenvalue weighted by molar-refractivity contribution is 7.91. The van der Waals surface area contributed by atoms with Crippen LogP contribution in [0.5, 0.6) is 0 Å². The van der Waals surface area contributed by atoms with Gasteiger partial charge in [-0.15, -0.1) is 11.6 Å². The van der Waals surface area contributed by atoms with E-state index in [0.29, 0.717) is 13.2 Å². The Labute approximate surface area is 104 Å². The van der Waals surface area contributed by atoms with Crippen molar-refractivity contribution in [2.24, 2.45) is 0 Å². The maximum Gasteiger partial charge on any atom is 0.257 e. The highest BCUT2D eigenvalue weighted by Crippen LogP contribution is 2.18. The fourth-order valence-electron chi connectivity index (χ4n) is 1.46. The van der Waals surface area contributed by atoms with E-state index in [-0.39, 0.29) is 28.8 Å². The van der Waals surface area contributed by atoms with Crippen molar-refractivity contribution in [1.82, 2.24) is 5.32 Å². The first-order valence-electron chi connectivity index (χ1n) is 4.86. The molecule has 0 bridgehead atoms. The van der Waals surface area contributed by atoms with E-state index in [9.17, 15) is 8.42 Å². The number of hydrogen-bond acceptors (Lipinski definition) is 5. The van der Waals surface area contributed by atoms with Gasteiger partial charge in [0.25, 0.3) is 5.17 Å². The largest absolute Gasteiger partial charge is 0.468 e. The SMILES string of the molecule is O=S1(=O)C[C@@H](Cl)[C@@H](NC(=S)OC[C@@H]2CO2)C1.